The quantitative estimate of drug-likeness (QED) is 0.190. The van der Waals surface area contributed by atoms with Crippen LogP contribution >= 0.6 is 23.1 Å². The highest BCUT2D eigenvalue weighted by molar-refractivity contribution is 7.99. The number of aryl methyl sites for hydroxylation is 1. The molecule has 0 fully saturated rings. The molecule has 0 bridgehead atoms. The first-order chi connectivity index (χ1) is 16.0. The van der Waals surface area contributed by atoms with Crippen molar-refractivity contribution in [2.75, 3.05) is 5.75 Å². The fraction of sp³-hybridized carbons (Fsp3) is 0.154. The number of carbonyl (C=O) groups excluding carboxylic acids is 1. The van der Waals surface area contributed by atoms with E-state index in [0.717, 1.165) is 16.7 Å². The van der Waals surface area contributed by atoms with Crippen LogP contribution < -0.4 is 5.56 Å². The van der Waals surface area contributed by atoms with Gasteiger partial charge in [0, 0.05) is 17.5 Å². The Labute approximate surface area is 200 Å². The van der Waals surface area contributed by atoms with Crippen LogP contribution in [0.3, 0.4) is 0 Å². The average Bonchev–Trinajstić information content (AvgIpc) is 3.25. The minimum Gasteiger partial charge on any atom is -0.297 e. The number of rotatable bonds is 8. The Morgan fingerprint density at radius 3 is 2.64 bits per heavy atom. The van der Waals surface area contributed by atoms with E-state index >= 15 is 0 Å². The molecule has 0 saturated heterocycles. The third-order valence-electron chi connectivity index (χ3n) is 5.26. The fourth-order valence-corrected chi connectivity index (χ4v) is 5.45. The Hall–Kier alpha value is -3.47. The lowest BCUT2D eigenvalue weighted by molar-refractivity contribution is -0.116. The summed E-state index contributed by atoms with van der Waals surface area (Å²) >= 11 is 2.59. The average molecular weight is 472 g/mol. The highest BCUT2D eigenvalue weighted by Gasteiger charge is 2.22. The Morgan fingerprint density at radius 1 is 1.24 bits per heavy atom. The number of hydrogen-bond acceptors (Lipinski definition) is 6. The number of thiophene rings is 1. The van der Waals surface area contributed by atoms with E-state index in [4.69, 9.17) is 4.98 Å². The Morgan fingerprint density at radius 2 is 1.97 bits per heavy atom. The molecule has 33 heavy (non-hydrogen) atoms. The van der Waals surface area contributed by atoms with Gasteiger partial charge in [-0.15, -0.1) is 17.9 Å². The molecule has 0 amide bonds. The van der Waals surface area contributed by atoms with Gasteiger partial charge in [0.05, 0.1) is 17.2 Å². The number of Topliss-reactive ketones (excluding diaryl/α,β-unsaturated/α-hetero) is 1. The van der Waals surface area contributed by atoms with E-state index in [1.54, 1.807) is 34.9 Å². The molecule has 2 heterocycles. The van der Waals surface area contributed by atoms with Crippen molar-refractivity contribution in [1.82, 2.24) is 9.55 Å². The second-order valence-electron chi connectivity index (χ2n) is 7.52. The molecule has 2 aromatic carbocycles. The molecule has 164 valence electrons. The Kier molecular flexibility index (Phi) is 6.87. The molecule has 4 aromatic rings. The van der Waals surface area contributed by atoms with Crippen LogP contribution in [0.4, 0.5) is 0 Å². The molecule has 0 saturated carbocycles. The molecule has 0 aliphatic carbocycles. The number of ketones is 1. The number of hydrogen-bond donors (Lipinski definition) is 0. The number of carbonyl (C=O) groups is 1. The van der Waals surface area contributed by atoms with E-state index < -0.39 is 5.92 Å². The van der Waals surface area contributed by atoms with Gasteiger partial charge in [-0.1, -0.05) is 78.0 Å². The van der Waals surface area contributed by atoms with Gasteiger partial charge in [-0.05, 0) is 18.1 Å². The van der Waals surface area contributed by atoms with Crippen LogP contribution in [0.15, 0.2) is 82.6 Å². The third kappa shape index (κ3) is 4.68. The zero-order valence-corrected chi connectivity index (χ0v) is 19.7. The zero-order valence-electron chi connectivity index (χ0n) is 18.0. The van der Waals surface area contributed by atoms with Gasteiger partial charge in [0.15, 0.2) is 10.9 Å². The third-order valence-corrected chi connectivity index (χ3v) is 7.13. The number of aromatic nitrogens is 2. The molecular formula is C26H21N3O2S2. The van der Waals surface area contributed by atoms with Crippen molar-refractivity contribution < 1.29 is 4.79 Å². The molecule has 0 unspecified atom stereocenters. The van der Waals surface area contributed by atoms with Crippen LogP contribution in [-0.2, 0) is 11.3 Å². The standard InChI is InChI=1S/C26H21N3O2S2/c1-3-13-29-25(31)23-21(19-11-9-17(2)10-12-19)15-32-24(23)28-26(29)33-16-22(30)20(14-27)18-7-5-4-6-8-18/h3-12,15,20H,1,13,16H2,2H3/t20-/m0/s1. The highest BCUT2D eigenvalue weighted by atomic mass is 32.2. The minimum absolute atomic E-state index is 0.0401. The van der Waals surface area contributed by atoms with Gasteiger partial charge in [-0.25, -0.2) is 4.98 Å². The van der Waals surface area contributed by atoms with Crippen molar-refractivity contribution in [2.24, 2.45) is 0 Å². The second kappa shape index (κ2) is 9.99. The predicted octanol–water partition coefficient (Wildman–Crippen LogP) is 5.59. The first-order valence-corrected chi connectivity index (χ1v) is 12.2. The molecule has 7 heteroatoms. The summed E-state index contributed by atoms with van der Waals surface area (Å²) in [5.74, 6) is -1.03. The normalized spacial score (nSPS) is 11.8. The monoisotopic (exact) mass is 471 g/mol. The molecule has 0 aliphatic rings. The van der Waals surface area contributed by atoms with Gasteiger partial charge in [0.2, 0.25) is 0 Å². The lowest BCUT2D eigenvalue weighted by atomic mass is 9.97. The summed E-state index contributed by atoms with van der Waals surface area (Å²) in [6, 6.07) is 19.1. The number of nitriles is 1. The molecule has 2 aromatic heterocycles. The van der Waals surface area contributed by atoms with E-state index in [9.17, 15) is 14.9 Å². The molecule has 0 radical (unpaired) electrons. The van der Waals surface area contributed by atoms with Crippen molar-refractivity contribution in [2.45, 2.75) is 24.5 Å². The van der Waals surface area contributed by atoms with E-state index in [0.29, 0.717) is 20.9 Å². The SMILES string of the molecule is C=CCn1c(SCC(=O)[C@@H](C#N)c2ccccc2)nc2scc(-c3ccc(C)cc3)c2c1=O. The Balaban J connectivity index is 1.68. The summed E-state index contributed by atoms with van der Waals surface area (Å²) in [5, 5.41) is 12.5. The van der Waals surface area contributed by atoms with Crippen molar-refractivity contribution in [3.05, 3.63) is 94.1 Å². The minimum atomic E-state index is -0.850. The van der Waals surface area contributed by atoms with E-state index in [1.807, 2.05) is 42.6 Å². The van der Waals surface area contributed by atoms with Gasteiger partial charge in [0.1, 0.15) is 10.7 Å². The first-order valence-electron chi connectivity index (χ1n) is 10.3. The number of allylic oxidation sites excluding steroid dienone is 1. The van der Waals surface area contributed by atoms with Crippen molar-refractivity contribution in [1.29, 1.82) is 5.26 Å². The zero-order chi connectivity index (χ0) is 23.4. The van der Waals surface area contributed by atoms with Crippen LogP contribution in [0.1, 0.15) is 17.0 Å². The molecule has 0 aliphatic heterocycles. The van der Waals surface area contributed by atoms with Crippen molar-refractivity contribution in [3.63, 3.8) is 0 Å². The summed E-state index contributed by atoms with van der Waals surface area (Å²) in [7, 11) is 0. The molecule has 4 rings (SSSR count). The van der Waals surface area contributed by atoms with Crippen LogP contribution in [0.25, 0.3) is 21.3 Å². The van der Waals surface area contributed by atoms with Crippen LogP contribution in [0, 0.1) is 18.3 Å². The lowest BCUT2D eigenvalue weighted by Gasteiger charge is -2.12. The summed E-state index contributed by atoms with van der Waals surface area (Å²) in [5.41, 5.74) is 3.47. The van der Waals surface area contributed by atoms with E-state index in [-0.39, 0.29) is 23.6 Å². The van der Waals surface area contributed by atoms with Gasteiger partial charge in [-0.3, -0.25) is 14.2 Å². The molecule has 5 nitrogen and oxygen atoms in total. The number of benzene rings is 2. The topological polar surface area (TPSA) is 75.8 Å². The maximum Gasteiger partial charge on any atom is 0.263 e. The van der Waals surface area contributed by atoms with Crippen molar-refractivity contribution in [3.8, 4) is 17.2 Å². The van der Waals surface area contributed by atoms with E-state index in [1.165, 1.54) is 23.1 Å². The van der Waals surface area contributed by atoms with Gasteiger partial charge >= 0.3 is 0 Å². The first kappa shape index (κ1) is 22.7. The van der Waals surface area contributed by atoms with Crippen LogP contribution in [0.2, 0.25) is 0 Å². The van der Waals surface area contributed by atoms with Gasteiger partial charge in [0.25, 0.3) is 5.56 Å². The predicted molar refractivity (Wildman–Crippen MR) is 135 cm³/mol. The molecular weight excluding hydrogens is 450 g/mol. The largest absolute Gasteiger partial charge is 0.297 e. The number of nitrogens with zero attached hydrogens (tertiary/aromatic N) is 3. The van der Waals surface area contributed by atoms with Crippen molar-refractivity contribution >= 4 is 39.1 Å². The lowest BCUT2D eigenvalue weighted by Crippen LogP contribution is -2.23. The fourth-order valence-electron chi connectivity index (χ4n) is 3.55. The van der Waals surface area contributed by atoms with Crippen LogP contribution in [0.5, 0.6) is 0 Å². The maximum absolute atomic E-state index is 13.4. The number of fused-ring (bicyclic) bond motifs is 1. The smallest absolute Gasteiger partial charge is 0.263 e. The molecule has 0 spiro atoms. The second-order valence-corrected chi connectivity index (χ2v) is 9.32. The molecule has 0 N–H and O–H groups in total. The van der Waals surface area contributed by atoms with E-state index in [2.05, 4.69) is 12.6 Å². The number of thioether (sulfide) groups is 1. The maximum atomic E-state index is 13.4. The highest BCUT2D eigenvalue weighted by Crippen LogP contribution is 2.32. The van der Waals surface area contributed by atoms with Crippen LogP contribution in [-0.4, -0.2) is 21.1 Å². The summed E-state index contributed by atoms with van der Waals surface area (Å²) in [6.45, 7) is 6.07. The molecule has 1 atom stereocenters. The van der Waals surface area contributed by atoms with Gasteiger partial charge in [-0.2, -0.15) is 5.26 Å². The van der Waals surface area contributed by atoms with Gasteiger partial charge < -0.3 is 0 Å². The summed E-state index contributed by atoms with van der Waals surface area (Å²) in [6.07, 6.45) is 1.64. The summed E-state index contributed by atoms with van der Waals surface area (Å²) in [4.78, 5) is 31.6. The summed E-state index contributed by atoms with van der Waals surface area (Å²) < 4.78 is 1.54. The Bertz CT molecular complexity index is 1410.